The lowest BCUT2D eigenvalue weighted by atomic mass is 10.4. The van der Waals surface area contributed by atoms with Crippen LogP contribution >= 0.6 is 0 Å². The van der Waals surface area contributed by atoms with Crippen LogP contribution in [0.4, 0.5) is 4.79 Å². The molecule has 0 aliphatic heterocycles. The largest absolute Gasteiger partial charge is 0.524 e. The summed E-state index contributed by atoms with van der Waals surface area (Å²) in [6, 6.07) is 0. The highest BCUT2D eigenvalue weighted by Gasteiger charge is 2.14. The Morgan fingerprint density at radius 1 is 0.857 bits per heavy atom. The topological polar surface area (TPSA) is 122 Å². The third-order valence-corrected chi connectivity index (χ3v) is 1.09. The van der Waals surface area contributed by atoms with Gasteiger partial charge in [0.1, 0.15) is 0 Å². The molecule has 0 aromatic rings. The fraction of sp³-hybridized carbons (Fsp3) is 0.571. The Morgan fingerprint density at radius 2 is 1.21 bits per heavy atom. The summed E-state index contributed by atoms with van der Waals surface area (Å²) in [6.07, 6.45) is -1.57. The molecule has 0 bridgehead atoms. The Kier molecular flexibility index (Phi) is 6.25. The van der Waals surface area contributed by atoms with Crippen molar-refractivity contribution in [2.75, 3.05) is 13.1 Å². The van der Waals surface area contributed by atoms with E-state index in [4.69, 9.17) is 11.5 Å². The standard InChI is InChI=1S/C7H12N2O5/c8-3-1-5(10)13-7(12)14-6(11)2-4-9/h1-4,8-9H2. The fourth-order valence-electron chi connectivity index (χ4n) is 0.544. The Labute approximate surface area is 80.3 Å². The molecule has 0 spiro atoms. The maximum absolute atomic E-state index is 10.7. The molecule has 0 saturated heterocycles. The number of ether oxygens (including phenoxy) is 2. The summed E-state index contributed by atoms with van der Waals surface area (Å²) < 4.78 is 8.13. The second kappa shape index (κ2) is 6.98. The summed E-state index contributed by atoms with van der Waals surface area (Å²) in [5, 5.41) is 0. The van der Waals surface area contributed by atoms with E-state index >= 15 is 0 Å². The summed E-state index contributed by atoms with van der Waals surface area (Å²) >= 11 is 0. The number of carbonyl (C=O) groups is 3. The molecule has 0 amide bonds. The van der Waals surface area contributed by atoms with Gasteiger partial charge in [0.2, 0.25) is 0 Å². The zero-order valence-corrected chi connectivity index (χ0v) is 7.52. The van der Waals surface area contributed by atoms with Gasteiger partial charge in [0.05, 0.1) is 12.8 Å². The number of hydrogen-bond donors (Lipinski definition) is 2. The molecular weight excluding hydrogens is 192 g/mol. The predicted octanol–water partition coefficient (Wildman–Crippen LogP) is -1.11. The fourth-order valence-corrected chi connectivity index (χ4v) is 0.544. The molecule has 0 aliphatic rings. The van der Waals surface area contributed by atoms with Crippen LogP contribution in [0, 0.1) is 0 Å². The molecule has 0 aromatic heterocycles. The highest BCUT2D eigenvalue weighted by Crippen LogP contribution is 1.92. The first-order valence-corrected chi connectivity index (χ1v) is 3.95. The van der Waals surface area contributed by atoms with Gasteiger partial charge in [0.15, 0.2) is 0 Å². The van der Waals surface area contributed by atoms with Crippen molar-refractivity contribution >= 4 is 18.1 Å². The maximum atomic E-state index is 10.7. The Balaban J connectivity index is 3.75. The van der Waals surface area contributed by atoms with Gasteiger partial charge in [-0.1, -0.05) is 0 Å². The quantitative estimate of drug-likeness (QED) is 0.439. The summed E-state index contributed by atoms with van der Waals surface area (Å²) in [5.74, 6) is -1.67. The van der Waals surface area contributed by atoms with Crippen molar-refractivity contribution in [3.8, 4) is 0 Å². The SMILES string of the molecule is NCCC(=O)OC(=O)OC(=O)CCN. The third-order valence-electron chi connectivity index (χ3n) is 1.09. The molecule has 0 saturated carbocycles. The molecule has 4 N–H and O–H groups in total. The van der Waals surface area contributed by atoms with Crippen molar-refractivity contribution in [1.82, 2.24) is 0 Å². The van der Waals surface area contributed by atoms with E-state index in [1.54, 1.807) is 0 Å². The van der Waals surface area contributed by atoms with Crippen LogP contribution in [0.5, 0.6) is 0 Å². The van der Waals surface area contributed by atoms with Crippen LogP contribution in [-0.2, 0) is 19.1 Å². The summed E-state index contributed by atoms with van der Waals surface area (Å²) in [6.45, 7) is 0.117. The van der Waals surface area contributed by atoms with E-state index in [0.29, 0.717) is 0 Å². The summed E-state index contributed by atoms with van der Waals surface area (Å²) in [4.78, 5) is 32.0. The first-order chi connectivity index (χ1) is 6.60. The van der Waals surface area contributed by atoms with E-state index < -0.39 is 18.1 Å². The average Bonchev–Trinajstić information content (AvgIpc) is 2.03. The second-order valence-electron chi connectivity index (χ2n) is 2.28. The highest BCUT2D eigenvalue weighted by atomic mass is 16.8. The van der Waals surface area contributed by atoms with Crippen LogP contribution in [0.25, 0.3) is 0 Å². The van der Waals surface area contributed by atoms with Crippen LogP contribution < -0.4 is 11.5 Å². The Morgan fingerprint density at radius 3 is 1.50 bits per heavy atom. The van der Waals surface area contributed by atoms with Crippen LogP contribution in [0.1, 0.15) is 12.8 Å². The van der Waals surface area contributed by atoms with Crippen molar-refractivity contribution in [2.45, 2.75) is 12.8 Å². The van der Waals surface area contributed by atoms with Crippen LogP contribution in [-0.4, -0.2) is 31.2 Å². The van der Waals surface area contributed by atoms with Gasteiger partial charge < -0.3 is 20.9 Å². The van der Waals surface area contributed by atoms with Gasteiger partial charge in [-0.25, -0.2) is 4.79 Å². The molecule has 0 fully saturated rings. The van der Waals surface area contributed by atoms with Crippen molar-refractivity contribution in [2.24, 2.45) is 11.5 Å². The van der Waals surface area contributed by atoms with Crippen LogP contribution in [0.15, 0.2) is 0 Å². The number of hydrogen-bond acceptors (Lipinski definition) is 7. The Hall–Kier alpha value is -1.47. The molecule has 0 radical (unpaired) electrons. The van der Waals surface area contributed by atoms with E-state index in [-0.39, 0.29) is 25.9 Å². The first kappa shape index (κ1) is 12.5. The lowest BCUT2D eigenvalue weighted by Crippen LogP contribution is -2.20. The number of carbonyl (C=O) groups excluding carboxylic acids is 3. The number of esters is 2. The summed E-state index contributed by atoms with van der Waals surface area (Å²) in [7, 11) is 0. The van der Waals surface area contributed by atoms with Gasteiger partial charge in [0.25, 0.3) is 0 Å². The Bertz CT molecular complexity index is 206. The maximum Gasteiger partial charge on any atom is 0.524 e. The average molecular weight is 204 g/mol. The first-order valence-electron chi connectivity index (χ1n) is 3.95. The van der Waals surface area contributed by atoms with Gasteiger partial charge in [-0.2, -0.15) is 0 Å². The molecule has 0 rings (SSSR count). The lowest BCUT2D eigenvalue weighted by Gasteiger charge is -2.01. The van der Waals surface area contributed by atoms with Gasteiger partial charge in [0, 0.05) is 13.1 Å². The van der Waals surface area contributed by atoms with Crippen molar-refractivity contribution in [3.63, 3.8) is 0 Å². The van der Waals surface area contributed by atoms with Crippen LogP contribution in [0.3, 0.4) is 0 Å². The molecule has 0 heterocycles. The molecule has 7 nitrogen and oxygen atoms in total. The minimum atomic E-state index is -1.35. The zero-order valence-electron chi connectivity index (χ0n) is 7.52. The van der Waals surface area contributed by atoms with E-state index in [1.165, 1.54) is 0 Å². The molecular formula is C7H12N2O5. The third kappa shape index (κ3) is 6.09. The van der Waals surface area contributed by atoms with Crippen molar-refractivity contribution in [1.29, 1.82) is 0 Å². The second-order valence-corrected chi connectivity index (χ2v) is 2.28. The van der Waals surface area contributed by atoms with Crippen molar-refractivity contribution in [3.05, 3.63) is 0 Å². The molecule has 14 heavy (non-hydrogen) atoms. The predicted molar refractivity (Wildman–Crippen MR) is 44.9 cm³/mol. The zero-order chi connectivity index (χ0) is 11.0. The van der Waals surface area contributed by atoms with E-state index in [9.17, 15) is 14.4 Å². The van der Waals surface area contributed by atoms with Gasteiger partial charge >= 0.3 is 18.1 Å². The van der Waals surface area contributed by atoms with E-state index in [0.717, 1.165) is 0 Å². The molecule has 0 aromatic carbocycles. The lowest BCUT2D eigenvalue weighted by molar-refractivity contribution is -0.146. The van der Waals surface area contributed by atoms with Gasteiger partial charge in [-0.3, -0.25) is 9.59 Å². The van der Waals surface area contributed by atoms with Gasteiger partial charge in [-0.05, 0) is 0 Å². The van der Waals surface area contributed by atoms with Crippen molar-refractivity contribution < 1.29 is 23.9 Å². The molecule has 7 heteroatoms. The number of nitrogens with two attached hydrogens (primary N) is 2. The normalized spacial score (nSPS) is 9.29. The minimum absolute atomic E-state index is 0.0584. The van der Waals surface area contributed by atoms with E-state index in [1.807, 2.05) is 0 Å². The number of rotatable bonds is 4. The smallest absolute Gasteiger partial charge is 0.360 e. The van der Waals surface area contributed by atoms with Crippen LogP contribution in [0.2, 0.25) is 0 Å². The highest BCUT2D eigenvalue weighted by molar-refractivity contribution is 5.88. The van der Waals surface area contributed by atoms with E-state index in [2.05, 4.69) is 9.47 Å². The van der Waals surface area contributed by atoms with Gasteiger partial charge in [-0.15, -0.1) is 0 Å². The molecule has 0 aliphatic carbocycles. The molecule has 0 unspecified atom stereocenters. The molecule has 0 atom stereocenters. The summed E-state index contributed by atoms with van der Waals surface area (Å²) in [5.41, 5.74) is 10.0. The monoisotopic (exact) mass is 204 g/mol. The minimum Gasteiger partial charge on any atom is -0.360 e. The molecule has 80 valence electrons.